The standard InChI is InChI=1S/C8H17ClN2/c1-11(6-10)8-4-2-7(9)3-5-8/h7-8H,2-6,10H2,1H3. The SMILES string of the molecule is CN(CN)C1CCC(Cl)CC1. The zero-order valence-electron chi connectivity index (χ0n) is 7.09. The molecule has 1 fully saturated rings. The first kappa shape index (κ1) is 9.30. The van der Waals surface area contributed by atoms with Crippen LogP contribution in [0, 0.1) is 0 Å². The van der Waals surface area contributed by atoms with Crippen LogP contribution in [-0.2, 0) is 0 Å². The number of rotatable bonds is 2. The summed E-state index contributed by atoms with van der Waals surface area (Å²) in [6.45, 7) is 0.664. The van der Waals surface area contributed by atoms with Crippen LogP contribution in [-0.4, -0.2) is 30.0 Å². The lowest BCUT2D eigenvalue weighted by atomic mass is 9.94. The monoisotopic (exact) mass is 176 g/mol. The minimum atomic E-state index is 0.414. The van der Waals surface area contributed by atoms with Crippen molar-refractivity contribution in [3.8, 4) is 0 Å². The molecule has 1 saturated carbocycles. The molecule has 0 heterocycles. The molecule has 0 aliphatic heterocycles. The summed E-state index contributed by atoms with van der Waals surface area (Å²) in [4.78, 5) is 2.21. The minimum Gasteiger partial charge on any atom is -0.318 e. The number of alkyl halides is 1. The van der Waals surface area contributed by atoms with Crippen LogP contribution in [0.2, 0.25) is 0 Å². The van der Waals surface area contributed by atoms with Crippen LogP contribution in [0.1, 0.15) is 25.7 Å². The van der Waals surface area contributed by atoms with E-state index in [-0.39, 0.29) is 0 Å². The molecule has 0 atom stereocenters. The molecule has 66 valence electrons. The molecule has 2 N–H and O–H groups in total. The zero-order chi connectivity index (χ0) is 8.27. The maximum Gasteiger partial charge on any atom is 0.0455 e. The van der Waals surface area contributed by atoms with Gasteiger partial charge in [0.2, 0.25) is 0 Å². The van der Waals surface area contributed by atoms with Gasteiger partial charge in [-0.1, -0.05) is 0 Å². The van der Waals surface area contributed by atoms with E-state index in [9.17, 15) is 0 Å². The van der Waals surface area contributed by atoms with Crippen molar-refractivity contribution in [2.24, 2.45) is 5.73 Å². The van der Waals surface area contributed by atoms with E-state index in [2.05, 4.69) is 11.9 Å². The van der Waals surface area contributed by atoms with E-state index in [0.717, 1.165) is 12.8 Å². The molecule has 0 saturated heterocycles. The molecule has 1 aliphatic rings. The lowest BCUT2D eigenvalue weighted by Gasteiger charge is -2.31. The summed E-state index contributed by atoms with van der Waals surface area (Å²) in [5.74, 6) is 0. The predicted octanol–water partition coefficient (Wildman–Crippen LogP) is 1.38. The molecule has 0 aromatic carbocycles. The van der Waals surface area contributed by atoms with E-state index in [1.165, 1.54) is 12.8 Å². The molecule has 0 spiro atoms. The summed E-state index contributed by atoms with van der Waals surface area (Å²) in [5, 5.41) is 0.414. The highest BCUT2D eigenvalue weighted by molar-refractivity contribution is 6.20. The molecule has 0 aromatic heterocycles. The fourth-order valence-electron chi connectivity index (χ4n) is 1.62. The van der Waals surface area contributed by atoms with Gasteiger partial charge in [0.1, 0.15) is 0 Å². The van der Waals surface area contributed by atoms with E-state index in [0.29, 0.717) is 18.1 Å². The van der Waals surface area contributed by atoms with Gasteiger partial charge in [-0.3, -0.25) is 4.90 Å². The number of halogens is 1. The van der Waals surface area contributed by atoms with Gasteiger partial charge in [-0.15, -0.1) is 11.6 Å². The molecular weight excluding hydrogens is 160 g/mol. The Bertz CT molecular complexity index is 111. The smallest absolute Gasteiger partial charge is 0.0455 e. The Hall–Kier alpha value is 0.210. The van der Waals surface area contributed by atoms with Crippen molar-refractivity contribution in [1.29, 1.82) is 0 Å². The number of hydrogen-bond acceptors (Lipinski definition) is 2. The van der Waals surface area contributed by atoms with E-state index in [1.54, 1.807) is 0 Å². The maximum atomic E-state index is 5.98. The van der Waals surface area contributed by atoms with Crippen molar-refractivity contribution in [2.75, 3.05) is 13.7 Å². The molecule has 3 heteroatoms. The highest BCUT2D eigenvalue weighted by Gasteiger charge is 2.21. The van der Waals surface area contributed by atoms with Gasteiger partial charge in [0.25, 0.3) is 0 Å². The third-order valence-corrected chi connectivity index (χ3v) is 2.97. The molecule has 11 heavy (non-hydrogen) atoms. The van der Waals surface area contributed by atoms with Crippen LogP contribution in [0.5, 0.6) is 0 Å². The van der Waals surface area contributed by atoms with Crippen molar-refractivity contribution in [3.05, 3.63) is 0 Å². The first-order chi connectivity index (χ1) is 5.24. The average Bonchev–Trinajstić information content (AvgIpc) is 2.05. The van der Waals surface area contributed by atoms with Gasteiger partial charge in [-0.05, 0) is 32.7 Å². The highest BCUT2D eigenvalue weighted by atomic mass is 35.5. The molecule has 0 radical (unpaired) electrons. The summed E-state index contributed by atoms with van der Waals surface area (Å²) >= 11 is 5.98. The van der Waals surface area contributed by atoms with E-state index in [1.807, 2.05) is 0 Å². The Morgan fingerprint density at radius 1 is 1.36 bits per heavy atom. The van der Waals surface area contributed by atoms with Crippen LogP contribution in [0.15, 0.2) is 0 Å². The predicted molar refractivity (Wildman–Crippen MR) is 48.7 cm³/mol. The summed E-state index contributed by atoms with van der Waals surface area (Å²) in [6, 6.07) is 0.676. The summed E-state index contributed by atoms with van der Waals surface area (Å²) in [7, 11) is 2.08. The molecule has 0 amide bonds. The van der Waals surface area contributed by atoms with Gasteiger partial charge >= 0.3 is 0 Å². The number of nitrogens with two attached hydrogens (primary N) is 1. The van der Waals surface area contributed by atoms with Gasteiger partial charge < -0.3 is 5.73 Å². The van der Waals surface area contributed by atoms with Gasteiger partial charge in [-0.2, -0.15) is 0 Å². The van der Waals surface area contributed by atoms with Crippen molar-refractivity contribution in [3.63, 3.8) is 0 Å². The number of nitrogens with zero attached hydrogens (tertiary/aromatic N) is 1. The highest BCUT2D eigenvalue weighted by Crippen LogP contribution is 2.25. The van der Waals surface area contributed by atoms with E-state index >= 15 is 0 Å². The first-order valence-corrected chi connectivity index (χ1v) is 4.72. The fraction of sp³-hybridized carbons (Fsp3) is 1.00. The Morgan fingerprint density at radius 2 is 1.91 bits per heavy atom. The lowest BCUT2D eigenvalue weighted by molar-refractivity contribution is 0.198. The van der Waals surface area contributed by atoms with Gasteiger partial charge in [-0.25, -0.2) is 0 Å². The van der Waals surface area contributed by atoms with Gasteiger partial charge in [0, 0.05) is 18.1 Å². The van der Waals surface area contributed by atoms with Crippen LogP contribution in [0.4, 0.5) is 0 Å². The largest absolute Gasteiger partial charge is 0.318 e. The van der Waals surface area contributed by atoms with E-state index in [4.69, 9.17) is 17.3 Å². The molecule has 1 aliphatic carbocycles. The maximum absolute atomic E-state index is 5.98. The Morgan fingerprint density at radius 3 is 2.36 bits per heavy atom. The molecule has 0 aromatic rings. The third kappa shape index (κ3) is 2.62. The Kier molecular flexibility index (Phi) is 3.63. The second-order valence-corrected chi connectivity index (χ2v) is 3.96. The van der Waals surface area contributed by atoms with Crippen molar-refractivity contribution < 1.29 is 0 Å². The van der Waals surface area contributed by atoms with Crippen molar-refractivity contribution >= 4 is 11.6 Å². The summed E-state index contributed by atoms with van der Waals surface area (Å²) in [5.41, 5.74) is 5.53. The summed E-state index contributed by atoms with van der Waals surface area (Å²) < 4.78 is 0. The van der Waals surface area contributed by atoms with Crippen molar-refractivity contribution in [2.45, 2.75) is 37.1 Å². The quantitative estimate of drug-likeness (QED) is 0.509. The van der Waals surface area contributed by atoms with Crippen LogP contribution in [0.3, 0.4) is 0 Å². The first-order valence-electron chi connectivity index (χ1n) is 4.28. The van der Waals surface area contributed by atoms with Crippen molar-refractivity contribution in [1.82, 2.24) is 4.90 Å². The third-order valence-electron chi connectivity index (χ3n) is 2.54. The average molecular weight is 177 g/mol. The fourth-order valence-corrected chi connectivity index (χ4v) is 1.88. The lowest BCUT2D eigenvalue weighted by Crippen LogP contribution is -2.38. The van der Waals surface area contributed by atoms with Gasteiger partial charge in [0.05, 0.1) is 0 Å². The second kappa shape index (κ2) is 4.29. The van der Waals surface area contributed by atoms with Gasteiger partial charge in [0.15, 0.2) is 0 Å². The topological polar surface area (TPSA) is 29.3 Å². The van der Waals surface area contributed by atoms with Crippen LogP contribution < -0.4 is 5.73 Å². The molecule has 2 nitrogen and oxygen atoms in total. The Balaban J connectivity index is 2.27. The molecule has 1 rings (SSSR count). The minimum absolute atomic E-state index is 0.414. The summed E-state index contributed by atoms with van der Waals surface area (Å²) in [6.07, 6.45) is 4.72. The molecule has 0 unspecified atom stereocenters. The van der Waals surface area contributed by atoms with E-state index < -0.39 is 0 Å². The zero-order valence-corrected chi connectivity index (χ0v) is 7.85. The molecule has 0 bridgehead atoms. The van der Waals surface area contributed by atoms with Crippen LogP contribution >= 0.6 is 11.6 Å². The second-order valence-electron chi connectivity index (χ2n) is 3.35. The molecular formula is C8H17ClN2. The Labute approximate surface area is 73.7 Å². The number of hydrogen-bond donors (Lipinski definition) is 1. The van der Waals surface area contributed by atoms with Crippen LogP contribution in [0.25, 0.3) is 0 Å². The normalized spacial score (nSPS) is 32.7.